The average molecular weight is 374 g/mol. The molecule has 5 nitrogen and oxygen atoms in total. The van der Waals surface area contributed by atoms with Crippen molar-refractivity contribution in [3.8, 4) is 11.5 Å². The van der Waals surface area contributed by atoms with Gasteiger partial charge in [0.25, 0.3) is 0 Å². The van der Waals surface area contributed by atoms with E-state index in [9.17, 15) is 0 Å². The lowest BCUT2D eigenvalue weighted by Crippen LogP contribution is -2.63. The summed E-state index contributed by atoms with van der Waals surface area (Å²) in [6, 6.07) is 4.37. The van der Waals surface area contributed by atoms with Crippen molar-refractivity contribution in [1.29, 1.82) is 0 Å². The average Bonchev–Trinajstić information content (AvgIpc) is 2.67. The summed E-state index contributed by atoms with van der Waals surface area (Å²) in [5, 5.41) is 0. The van der Waals surface area contributed by atoms with E-state index < -0.39 is 0 Å². The summed E-state index contributed by atoms with van der Waals surface area (Å²) in [6.45, 7) is 10.7. The van der Waals surface area contributed by atoms with E-state index in [2.05, 4.69) is 47.5 Å². The third kappa shape index (κ3) is 4.31. The maximum atomic E-state index is 5.58. The molecular formula is C22H35N3O2. The molecule has 0 saturated carbocycles. The van der Waals surface area contributed by atoms with Crippen molar-refractivity contribution in [2.24, 2.45) is 0 Å². The fraction of sp³-hybridized carbons (Fsp3) is 0.636. The zero-order valence-electron chi connectivity index (χ0n) is 17.5. The molecule has 27 heavy (non-hydrogen) atoms. The molecule has 0 aromatic heterocycles. The largest absolute Gasteiger partial charge is 0.493 e. The Labute approximate surface area is 164 Å². The van der Waals surface area contributed by atoms with E-state index in [0.717, 1.165) is 43.1 Å². The molecule has 0 aliphatic carbocycles. The van der Waals surface area contributed by atoms with Crippen molar-refractivity contribution in [2.75, 3.05) is 61.0 Å². The van der Waals surface area contributed by atoms with Crippen LogP contribution in [0, 0.1) is 0 Å². The second-order valence-corrected chi connectivity index (χ2v) is 8.14. The molecule has 0 atom stereocenters. The van der Waals surface area contributed by atoms with Crippen LogP contribution < -0.4 is 9.47 Å². The van der Waals surface area contributed by atoms with E-state index in [1.54, 1.807) is 14.2 Å². The van der Waals surface area contributed by atoms with Gasteiger partial charge in [-0.05, 0) is 45.0 Å². The van der Waals surface area contributed by atoms with Crippen LogP contribution in [0.1, 0.15) is 24.0 Å². The molecule has 2 aliphatic heterocycles. The van der Waals surface area contributed by atoms with Gasteiger partial charge in [0.15, 0.2) is 11.5 Å². The fourth-order valence-corrected chi connectivity index (χ4v) is 4.69. The quantitative estimate of drug-likeness (QED) is 0.715. The first-order valence-electron chi connectivity index (χ1n) is 9.98. The van der Waals surface area contributed by atoms with Gasteiger partial charge in [0.2, 0.25) is 0 Å². The maximum Gasteiger partial charge on any atom is 0.164 e. The second-order valence-electron chi connectivity index (χ2n) is 8.14. The molecule has 5 heteroatoms. The molecule has 3 rings (SSSR count). The van der Waals surface area contributed by atoms with Gasteiger partial charge < -0.3 is 14.4 Å². The molecule has 0 amide bonds. The molecule has 1 aromatic rings. The molecule has 2 fully saturated rings. The van der Waals surface area contributed by atoms with Gasteiger partial charge in [-0.25, -0.2) is 0 Å². The van der Waals surface area contributed by atoms with Crippen LogP contribution >= 0.6 is 0 Å². The standard InChI is InChI=1S/C22H35N3O2/c1-6-7-19-14-18(15-20(26-4)21(19)27-5)16-25-10-8-22(9-11-25)17-23(2)12-13-24(22)3/h6,14-15H,1,7-13,16-17H2,2-5H3. The molecule has 2 heterocycles. The van der Waals surface area contributed by atoms with Crippen molar-refractivity contribution >= 4 is 0 Å². The third-order valence-electron chi connectivity index (χ3n) is 6.36. The van der Waals surface area contributed by atoms with E-state index in [-0.39, 0.29) is 0 Å². The van der Waals surface area contributed by atoms with Gasteiger partial charge in [-0.2, -0.15) is 0 Å². The van der Waals surface area contributed by atoms with Crippen LogP contribution in [0.5, 0.6) is 11.5 Å². The third-order valence-corrected chi connectivity index (χ3v) is 6.36. The van der Waals surface area contributed by atoms with Crippen molar-refractivity contribution in [2.45, 2.75) is 31.3 Å². The van der Waals surface area contributed by atoms with E-state index in [1.807, 2.05) is 6.08 Å². The van der Waals surface area contributed by atoms with E-state index in [0.29, 0.717) is 5.54 Å². The number of nitrogens with zero attached hydrogens (tertiary/aromatic N) is 3. The van der Waals surface area contributed by atoms with E-state index in [4.69, 9.17) is 9.47 Å². The van der Waals surface area contributed by atoms with E-state index >= 15 is 0 Å². The summed E-state index contributed by atoms with van der Waals surface area (Å²) in [6.07, 6.45) is 5.18. The summed E-state index contributed by atoms with van der Waals surface area (Å²) >= 11 is 0. The predicted octanol–water partition coefficient (Wildman–Crippen LogP) is 2.64. The van der Waals surface area contributed by atoms with Crippen LogP contribution in [-0.2, 0) is 13.0 Å². The number of piperidine rings is 1. The number of hydrogen-bond acceptors (Lipinski definition) is 5. The minimum Gasteiger partial charge on any atom is -0.493 e. The van der Waals surface area contributed by atoms with Gasteiger partial charge in [0.1, 0.15) is 0 Å². The lowest BCUT2D eigenvalue weighted by molar-refractivity contribution is -0.0205. The van der Waals surface area contributed by atoms with Gasteiger partial charge in [-0.1, -0.05) is 12.1 Å². The lowest BCUT2D eigenvalue weighted by Gasteiger charge is -2.52. The Morgan fingerprint density at radius 3 is 2.44 bits per heavy atom. The van der Waals surface area contributed by atoms with Gasteiger partial charge >= 0.3 is 0 Å². The van der Waals surface area contributed by atoms with Crippen LogP contribution in [0.15, 0.2) is 24.8 Å². The number of rotatable bonds is 6. The summed E-state index contributed by atoms with van der Waals surface area (Å²) in [4.78, 5) is 7.67. The molecule has 1 spiro atoms. The monoisotopic (exact) mass is 373 g/mol. The van der Waals surface area contributed by atoms with Crippen LogP contribution in [0.25, 0.3) is 0 Å². The van der Waals surface area contributed by atoms with Crippen LogP contribution in [0.2, 0.25) is 0 Å². The number of hydrogen-bond donors (Lipinski definition) is 0. The number of benzene rings is 1. The zero-order chi connectivity index (χ0) is 19.4. The minimum atomic E-state index is 0.356. The Hall–Kier alpha value is -1.56. The topological polar surface area (TPSA) is 28.2 Å². The molecular weight excluding hydrogens is 338 g/mol. The first-order chi connectivity index (χ1) is 13.0. The number of likely N-dealkylation sites (N-methyl/N-ethyl adjacent to an activating group) is 2. The number of ether oxygens (including phenoxy) is 2. The summed E-state index contributed by atoms with van der Waals surface area (Å²) in [7, 11) is 7.97. The fourth-order valence-electron chi connectivity index (χ4n) is 4.69. The number of methoxy groups -OCH3 is 2. The van der Waals surface area contributed by atoms with Crippen LogP contribution in [0.4, 0.5) is 0 Å². The molecule has 0 unspecified atom stereocenters. The van der Waals surface area contributed by atoms with E-state index in [1.165, 1.54) is 38.0 Å². The Kier molecular flexibility index (Phi) is 6.45. The first kappa shape index (κ1) is 20.2. The van der Waals surface area contributed by atoms with Crippen LogP contribution in [0.3, 0.4) is 0 Å². The summed E-state index contributed by atoms with van der Waals surface area (Å²) in [5.41, 5.74) is 2.79. The SMILES string of the molecule is C=CCc1cc(CN2CCC3(CC2)CN(C)CCN3C)cc(OC)c1OC. The highest BCUT2D eigenvalue weighted by molar-refractivity contribution is 5.50. The van der Waals surface area contributed by atoms with Crippen molar-refractivity contribution < 1.29 is 9.47 Å². The molecule has 150 valence electrons. The molecule has 2 saturated heterocycles. The zero-order valence-corrected chi connectivity index (χ0v) is 17.5. The first-order valence-corrected chi connectivity index (χ1v) is 9.98. The molecule has 2 aliphatic rings. The van der Waals surface area contributed by atoms with Crippen molar-refractivity contribution in [3.63, 3.8) is 0 Å². The van der Waals surface area contributed by atoms with Gasteiger partial charge in [-0.15, -0.1) is 6.58 Å². The molecule has 0 radical (unpaired) electrons. The highest BCUT2D eigenvalue weighted by Gasteiger charge is 2.41. The number of piperazine rings is 1. The Balaban J connectivity index is 1.70. The van der Waals surface area contributed by atoms with Gasteiger partial charge in [-0.3, -0.25) is 9.80 Å². The Morgan fingerprint density at radius 1 is 1.07 bits per heavy atom. The summed E-state index contributed by atoms with van der Waals surface area (Å²) in [5.74, 6) is 1.64. The van der Waals surface area contributed by atoms with Crippen molar-refractivity contribution in [3.05, 3.63) is 35.9 Å². The summed E-state index contributed by atoms with van der Waals surface area (Å²) < 4.78 is 11.1. The molecule has 0 bridgehead atoms. The van der Waals surface area contributed by atoms with Gasteiger partial charge in [0, 0.05) is 50.4 Å². The smallest absolute Gasteiger partial charge is 0.164 e. The van der Waals surface area contributed by atoms with Crippen molar-refractivity contribution in [1.82, 2.24) is 14.7 Å². The molecule has 1 aromatic carbocycles. The maximum absolute atomic E-state index is 5.58. The van der Waals surface area contributed by atoms with Crippen LogP contribution in [-0.4, -0.2) is 81.3 Å². The van der Waals surface area contributed by atoms with Gasteiger partial charge in [0.05, 0.1) is 14.2 Å². The predicted molar refractivity (Wildman–Crippen MR) is 111 cm³/mol. The Bertz CT molecular complexity index is 653. The normalized spacial score (nSPS) is 21.3. The Morgan fingerprint density at radius 2 is 1.81 bits per heavy atom. The molecule has 0 N–H and O–H groups in total. The number of allylic oxidation sites excluding steroid dienone is 1. The lowest BCUT2D eigenvalue weighted by atomic mass is 9.83. The highest BCUT2D eigenvalue weighted by atomic mass is 16.5. The number of likely N-dealkylation sites (tertiary alicyclic amines) is 1. The second kappa shape index (κ2) is 8.63. The highest BCUT2D eigenvalue weighted by Crippen LogP contribution is 2.35. The minimum absolute atomic E-state index is 0.356.